The number of carbonyl (C=O) groups is 1. The second-order valence-electron chi connectivity index (χ2n) is 6.55. The molecule has 4 unspecified atom stereocenters. The number of hydrogen-bond donors (Lipinski definition) is 1. The number of oxazole rings is 1. The van der Waals surface area contributed by atoms with E-state index in [-0.39, 0.29) is 5.91 Å². The highest BCUT2D eigenvalue weighted by Crippen LogP contribution is 2.47. The molecule has 0 saturated carbocycles. The molecule has 5 rings (SSSR count). The lowest BCUT2D eigenvalue weighted by molar-refractivity contribution is 0.0594. The van der Waals surface area contributed by atoms with Gasteiger partial charge in [-0.3, -0.25) is 4.79 Å². The Morgan fingerprint density at radius 3 is 2.68 bits per heavy atom. The first-order valence-electron chi connectivity index (χ1n) is 7.76. The van der Waals surface area contributed by atoms with E-state index in [1.54, 1.807) is 6.07 Å². The fourth-order valence-electron chi connectivity index (χ4n) is 4.39. The van der Waals surface area contributed by atoms with E-state index in [1.165, 1.54) is 0 Å². The van der Waals surface area contributed by atoms with E-state index in [2.05, 4.69) is 4.98 Å². The molecule has 0 aliphatic carbocycles. The molecule has 22 heavy (non-hydrogen) atoms. The van der Waals surface area contributed by atoms with Crippen LogP contribution in [0.2, 0.25) is 0 Å². The highest BCUT2D eigenvalue weighted by atomic mass is 32.1. The molecule has 2 bridgehead atoms. The molecule has 1 aromatic carbocycles. The first-order chi connectivity index (χ1) is 10.7. The molecular formula is C16H16N2O3S. The van der Waals surface area contributed by atoms with Gasteiger partial charge in [-0.1, -0.05) is 0 Å². The third-order valence-electron chi connectivity index (χ3n) is 5.41. The summed E-state index contributed by atoms with van der Waals surface area (Å²) >= 11 is 4.98. The molecule has 2 aromatic rings. The molecule has 1 N–H and O–H groups in total. The van der Waals surface area contributed by atoms with Crippen LogP contribution in [0.4, 0.5) is 0 Å². The summed E-state index contributed by atoms with van der Waals surface area (Å²) in [6.07, 6.45) is 3.06. The normalized spacial score (nSPS) is 32.8. The number of rotatable bonds is 1. The van der Waals surface area contributed by atoms with Crippen molar-refractivity contribution in [2.75, 3.05) is 13.1 Å². The summed E-state index contributed by atoms with van der Waals surface area (Å²) in [7, 11) is 0. The summed E-state index contributed by atoms with van der Waals surface area (Å²) in [5.74, 6) is 1.14. The Bertz CT molecular complexity index is 808. The maximum atomic E-state index is 12.8. The van der Waals surface area contributed by atoms with Crippen molar-refractivity contribution < 1.29 is 13.9 Å². The summed E-state index contributed by atoms with van der Waals surface area (Å²) in [6, 6.07) is 5.47. The third-order valence-corrected chi connectivity index (χ3v) is 5.59. The number of aromatic amines is 1. The molecule has 6 heteroatoms. The molecule has 3 aliphatic rings. The van der Waals surface area contributed by atoms with Gasteiger partial charge in [-0.25, -0.2) is 0 Å². The molecule has 0 spiro atoms. The van der Waals surface area contributed by atoms with E-state index < -0.39 is 0 Å². The average Bonchev–Trinajstić information content (AvgIpc) is 3.25. The van der Waals surface area contributed by atoms with Crippen molar-refractivity contribution in [2.24, 2.45) is 11.8 Å². The molecular weight excluding hydrogens is 300 g/mol. The number of benzene rings is 1. The number of H-pyrrole nitrogens is 1. The van der Waals surface area contributed by atoms with Gasteiger partial charge in [0.1, 0.15) is 0 Å². The second kappa shape index (κ2) is 4.43. The largest absolute Gasteiger partial charge is 0.429 e. The number of carbonyl (C=O) groups excluding carboxylic acids is 1. The van der Waals surface area contributed by atoms with E-state index >= 15 is 0 Å². The second-order valence-corrected chi connectivity index (χ2v) is 6.92. The number of likely N-dealkylation sites (tertiary alicyclic amines) is 1. The highest BCUT2D eigenvalue weighted by molar-refractivity contribution is 7.71. The Morgan fingerprint density at radius 1 is 1.23 bits per heavy atom. The van der Waals surface area contributed by atoms with Crippen molar-refractivity contribution in [3.05, 3.63) is 28.6 Å². The van der Waals surface area contributed by atoms with Crippen LogP contribution in [0, 0.1) is 16.7 Å². The van der Waals surface area contributed by atoms with E-state index in [4.69, 9.17) is 21.4 Å². The predicted octanol–water partition coefficient (Wildman–Crippen LogP) is 2.74. The van der Waals surface area contributed by atoms with Gasteiger partial charge in [-0.2, -0.15) is 0 Å². The molecule has 1 amide bonds. The first-order valence-corrected chi connectivity index (χ1v) is 8.17. The molecule has 0 radical (unpaired) electrons. The van der Waals surface area contributed by atoms with Crippen LogP contribution in [0.15, 0.2) is 22.6 Å². The SMILES string of the molecule is O=C(c1ccc2[nH]c(=S)oc2c1)N1CC2C3CCC(O3)C2C1. The van der Waals surface area contributed by atoms with Crippen LogP contribution in [-0.4, -0.2) is 41.1 Å². The molecule has 5 nitrogen and oxygen atoms in total. The van der Waals surface area contributed by atoms with Crippen LogP contribution in [0.5, 0.6) is 0 Å². The smallest absolute Gasteiger partial charge is 0.266 e. The monoisotopic (exact) mass is 316 g/mol. The van der Waals surface area contributed by atoms with Gasteiger partial charge in [0.15, 0.2) is 5.58 Å². The Balaban J connectivity index is 1.43. The number of nitrogens with zero attached hydrogens (tertiary/aromatic N) is 1. The van der Waals surface area contributed by atoms with E-state index in [0.29, 0.717) is 40.0 Å². The molecule has 1 aromatic heterocycles. The van der Waals surface area contributed by atoms with E-state index in [9.17, 15) is 4.79 Å². The average molecular weight is 316 g/mol. The van der Waals surface area contributed by atoms with Crippen molar-refractivity contribution in [3.8, 4) is 0 Å². The zero-order valence-corrected chi connectivity index (χ0v) is 12.8. The minimum Gasteiger partial charge on any atom is -0.429 e. The van der Waals surface area contributed by atoms with Gasteiger partial charge in [0, 0.05) is 30.5 Å². The highest BCUT2D eigenvalue weighted by Gasteiger charge is 2.53. The third kappa shape index (κ3) is 1.74. The van der Waals surface area contributed by atoms with Crippen LogP contribution in [0.25, 0.3) is 11.1 Å². The Morgan fingerprint density at radius 2 is 1.95 bits per heavy atom. The van der Waals surface area contributed by atoms with Gasteiger partial charge in [0.25, 0.3) is 10.7 Å². The van der Waals surface area contributed by atoms with Crippen LogP contribution >= 0.6 is 12.2 Å². The fraction of sp³-hybridized carbons (Fsp3) is 0.500. The summed E-state index contributed by atoms with van der Waals surface area (Å²) in [4.78, 5) is 18.0. The number of nitrogens with one attached hydrogen (secondary N) is 1. The Kier molecular flexibility index (Phi) is 2.58. The summed E-state index contributed by atoms with van der Waals surface area (Å²) in [5.41, 5.74) is 2.13. The van der Waals surface area contributed by atoms with Crippen molar-refractivity contribution in [1.82, 2.24) is 9.88 Å². The van der Waals surface area contributed by atoms with Gasteiger partial charge < -0.3 is 19.0 Å². The zero-order chi connectivity index (χ0) is 14.8. The lowest BCUT2D eigenvalue weighted by Crippen LogP contribution is -2.31. The lowest BCUT2D eigenvalue weighted by Gasteiger charge is -2.18. The van der Waals surface area contributed by atoms with Crippen LogP contribution in [0.3, 0.4) is 0 Å². The number of amides is 1. The van der Waals surface area contributed by atoms with Gasteiger partial charge in [0.05, 0.1) is 17.7 Å². The molecule has 4 atom stereocenters. The lowest BCUT2D eigenvalue weighted by atomic mass is 9.82. The molecule has 4 heterocycles. The maximum absolute atomic E-state index is 12.8. The van der Waals surface area contributed by atoms with Crippen molar-refractivity contribution in [3.63, 3.8) is 0 Å². The van der Waals surface area contributed by atoms with Crippen LogP contribution in [-0.2, 0) is 4.74 Å². The quantitative estimate of drug-likeness (QED) is 0.822. The Labute approximate surface area is 132 Å². The first kappa shape index (κ1) is 12.8. The van der Waals surface area contributed by atoms with E-state index in [1.807, 2.05) is 17.0 Å². The molecule has 3 aliphatic heterocycles. The fourth-order valence-corrected chi connectivity index (χ4v) is 4.59. The standard InChI is InChI=1S/C16H16N2O3S/c19-15(8-1-2-11-14(5-8)21-16(22)17-11)18-6-9-10(7-18)13-4-3-12(9)20-13/h1-2,5,9-10,12-13H,3-4,6-7H2,(H,17,22). The molecule has 3 saturated heterocycles. The topological polar surface area (TPSA) is 58.5 Å². The number of aromatic nitrogens is 1. The van der Waals surface area contributed by atoms with Gasteiger partial charge in [-0.05, 0) is 43.3 Å². The van der Waals surface area contributed by atoms with Crippen LogP contribution in [0.1, 0.15) is 23.2 Å². The summed E-state index contributed by atoms with van der Waals surface area (Å²) in [5, 5.41) is 0. The molecule has 3 fully saturated rings. The predicted molar refractivity (Wildman–Crippen MR) is 82.2 cm³/mol. The summed E-state index contributed by atoms with van der Waals surface area (Å²) in [6.45, 7) is 1.64. The van der Waals surface area contributed by atoms with Gasteiger partial charge >= 0.3 is 0 Å². The van der Waals surface area contributed by atoms with Crippen molar-refractivity contribution >= 4 is 29.2 Å². The summed E-state index contributed by atoms with van der Waals surface area (Å²) < 4.78 is 11.4. The minimum atomic E-state index is 0.0815. The number of ether oxygens (including phenoxy) is 1. The number of hydrogen-bond acceptors (Lipinski definition) is 4. The number of fused-ring (bicyclic) bond motifs is 6. The van der Waals surface area contributed by atoms with Crippen molar-refractivity contribution in [2.45, 2.75) is 25.0 Å². The molecule has 114 valence electrons. The van der Waals surface area contributed by atoms with Gasteiger partial charge in [-0.15, -0.1) is 0 Å². The van der Waals surface area contributed by atoms with Gasteiger partial charge in [0.2, 0.25) is 0 Å². The minimum absolute atomic E-state index is 0.0815. The Hall–Kier alpha value is -1.66. The zero-order valence-electron chi connectivity index (χ0n) is 12.0. The van der Waals surface area contributed by atoms with E-state index in [0.717, 1.165) is 31.4 Å². The van der Waals surface area contributed by atoms with Crippen LogP contribution < -0.4 is 0 Å². The maximum Gasteiger partial charge on any atom is 0.266 e. The van der Waals surface area contributed by atoms with Crippen molar-refractivity contribution in [1.29, 1.82) is 0 Å².